The first-order chi connectivity index (χ1) is 9.77. The molecule has 110 valence electrons. The molecule has 0 bridgehead atoms. The largest absolute Gasteiger partial charge is 0.423 e. The Bertz CT molecular complexity index is 652. The smallest absolute Gasteiger partial charge is 0.343 e. The van der Waals surface area contributed by atoms with Gasteiger partial charge in [0.1, 0.15) is 5.75 Å². The van der Waals surface area contributed by atoms with Crippen molar-refractivity contribution in [3.63, 3.8) is 0 Å². The van der Waals surface area contributed by atoms with Crippen molar-refractivity contribution < 1.29 is 9.53 Å². The fourth-order valence-electron chi connectivity index (χ4n) is 1.99. The van der Waals surface area contributed by atoms with Crippen LogP contribution in [0.25, 0.3) is 0 Å². The number of esters is 1. The summed E-state index contributed by atoms with van der Waals surface area (Å²) in [6, 6.07) is 13.2. The minimum absolute atomic E-state index is 0.0741. The van der Waals surface area contributed by atoms with E-state index in [9.17, 15) is 4.79 Å². The second-order valence-corrected chi connectivity index (χ2v) is 7.04. The van der Waals surface area contributed by atoms with Crippen molar-refractivity contribution >= 4 is 21.9 Å². The van der Waals surface area contributed by atoms with E-state index in [2.05, 4.69) is 36.7 Å². The summed E-state index contributed by atoms with van der Waals surface area (Å²) in [7, 11) is 0. The van der Waals surface area contributed by atoms with Gasteiger partial charge in [-0.15, -0.1) is 0 Å². The van der Waals surface area contributed by atoms with Crippen LogP contribution in [-0.2, 0) is 5.41 Å². The molecule has 0 aliphatic rings. The number of halogens is 1. The Morgan fingerprint density at radius 2 is 1.67 bits per heavy atom. The average molecular weight is 347 g/mol. The Kier molecular flexibility index (Phi) is 4.52. The van der Waals surface area contributed by atoms with E-state index < -0.39 is 0 Å². The van der Waals surface area contributed by atoms with E-state index in [4.69, 9.17) is 4.74 Å². The Morgan fingerprint density at radius 3 is 2.19 bits per heavy atom. The molecule has 2 rings (SSSR count). The van der Waals surface area contributed by atoms with Crippen LogP contribution in [-0.4, -0.2) is 5.97 Å². The van der Waals surface area contributed by atoms with E-state index in [-0.39, 0.29) is 11.4 Å². The topological polar surface area (TPSA) is 26.3 Å². The Hall–Kier alpha value is -1.61. The van der Waals surface area contributed by atoms with Crippen molar-refractivity contribution in [3.8, 4) is 5.75 Å². The van der Waals surface area contributed by atoms with E-state index in [0.717, 1.165) is 10.0 Å². The highest BCUT2D eigenvalue weighted by Crippen LogP contribution is 2.25. The summed E-state index contributed by atoms with van der Waals surface area (Å²) in [6.07, 6.45) is 0. The molecule has 0 aromatic heterocycles. The molecule has 0 unspecified atom stereocenters. The van der Waals surface area contributed by atoms with E-state index >= 15 is 0 Å². The molecule has 0 fully saturated rings. The zero-order chi connectivity index (χ0) is 15.6. The molecule has 0 N–H and O–H groups in total. The second kappa shape index (κ2) is 6.02. The summed E-state index contributed by atoms with van der Waals surface area (Å²) in [5, 5.41) is 0. The predicted molar refractivity (Wildman–Crippen MR) is 89.0 cm³/mol. The van der Waals surface area contributed by atoms with Gasteiger partial charge in [-0.2, -0.15) is 0 Å². The van der Waals surface area contributed by atoms with Crippen LogP contribution < -0.4 is 4.74 Å². The molecule has 0 saturated carbocycles. The summed E-state index contributed by atoms with van der Waals surface area (Å²) >= 11 is 3.39. The second-order valence-electron chi connectivity index (χ2n) is 6.13. The molecule has 0 atom stereocenters. The molecule has 0 amide bonds. The predicted octanol–water partition coefficient (Wildman–Crippen LogP) is 5.27. The van der Waals surface area contributed by atoms with Gasteiger partial charge in [0.25, 0.3) is 0 Å². The van der Waals surface area contributed by atoms with E-state index in [0.29, 0.717) is 11.3 Å². The maximum atomic E-state index is 12.2. The van der Waals surface area contributed by atoms with Gasteiger partial charge in [-0.3, -0.25) is 0 Å². The molecule has 0 saturated heterocycles. The van der Waals surface area contributed by atoms with E-state index in [1.54, 1.807) is 6.07 Å². The summed E-state index contributed by atoms with van der Waals surface area (Å²) in [5.41, 5.74) is 2.75. The van der Waals surface area contributed by atoms with E-state index in [1.165, 1.54) is 5.56 Å². The minimum atomic E-state index is -0.333. The maximum Gasteiger partial charge on any atom is 0.343 e. The van der Waals surface area contributed by atoms with Crippen LogP contribution in [0.4, 0.5) is 0 Å². The molecule has 0 radical (unpaired) electrons. The number of hydrogen-bond acceptors (Lipinski definition) is 2. The van der Waals surface area contributed by atoms with Crippen molar-refractivity contribution in [2.24, 2.45) is 0 Å². The molecule has 2 aromatic rings. The lowest BCUT2D eigenvalue weighted by Crippen LogP contribution is -2.13. The fraction of sp³-hybridized carbons (Fsp3) is 0.278. The number of rotatable bonds is 2. The van der Waals surface area contributed by atoms with Crippen molar-refractivity contribution in [1.82, 2.24) is 0 Å². The van der Waals surface area contributed by atoms with Crippen molar-refractivity contribution in [2.75, 3.05) is 0 Å². The number of carbonyl (C=O) groups is 1. The van der Waals surface area contributed by atoms with Crippen molar-refractivity contribution in [3.05, 3.63) is 63.6 Å². The third-order valence-corrected chi connectivity index (χ3v) is 3.82. The van der Waals surface area contributed by atoms with Crippen LogP contribution in [0.5, 0.6) is 5.75 Å². The van der Waals surface area contributed by atoms with Gasteiger partial charge in [-0.1, -0.05) is 48.8 Å². The van der Waals surface area contributed by atoms with Crippen LogP contribution >= 0.6 is 15.9 Å². The summed E-state index contributed by atoms with van der Waals surface area (Å²) in [6.45, 7) is 8.35. The number of hydrogen-bond donors (Lipinski definition) is 0. The van der Waals surface area contributed by atoms with Gasteiger partial charge >= 0.3 is 5.97 Å². The first kappa shape index (κ1) is 15.8. The van der Waals surface area contributed by atoms with Crippen LogP contribution in [0.2, 0.25) is 0 Å². The van der Waals surface area contributed by atoms with Gasteiger partial charge in [0.05, 0.1) is 5.56 Å². The third kappa shape index (κ3) is 3.94. The molecule has 2 nitrogen and oxygen atoms in total. The van der Waals surface area contributed by atoms with Crippen LogP contribution in [0.3, 0.4) is 0 Å². The Labute approximate surface area is 134 Å². The van der Waals surface area contributed by atoms with E-state index in [1.807, 2.05) is 43.3 Å². The van der Waals surface area contributed by atoms with Gasteiger partial charge in [0, 0.05) is 4.47 Å². The molecular weight excluding hydrogens is 328 g/mol. The highest BCUT2D eigenvalue weighted by Gasteiger charge is 2.15. The summed E-state index contributed by atoms with van der Waals surface area (Å²) in [4.78, 5) is 12.2. The molecule has 21 heavy (non-hydrogen) atoms. The zero-order valence-corrected chi connectivity index (χ0v) is 14.3. The van der Waals surface area contributed by atoms with Gasteiger partial charge < -0.3 is 4.74 Å². The summed E-state index contributed by atoms with van der Waals surface area (Å²) < 4.78 is 6.42. The molecule has 2 aromatic carbocycles. The Morgan fingerprint density at radius 1 is 1.05 bits per heavy atom. The first-order valence-corrected chi connectivity index (χ1v) is 7.65. The van der Waals surface area contributed by atoms with Crippen molar-refractivity contribution in [1.29, 1.82) is 0 Å². The standard InChI is InChI=1S/C18H19BrO2/c1-12-11-15(19)9-10-16(12)21-17(20)13-5-7-14(8-6-13)18(2,3)4/h5-11H,1-4H3. The minimum Gasteiger partial charge on any atom is -0.423 e. The Balaban J connectivity index is 2.17. The first-order valence-electron chi connectivity index (χ1n) is 6.86. The number of aryl methyl sites for hydroxylation is 1. The van der Waals surface area contributed by atoms with Gasteiger partial charge in [-0.05, 0) is 53.8 Å². The highest BCUT2D eigenvalue weighted by atomic mass is 79.9. The molecule has 0 aliphatic heterocycles. The molecular formula is C18H19BrO2. The molecule has 3 heteroatoms. The number of benzene rings is 2. The van der Waals surface area contributed by atoms with Gasteiger partial charge in [0.15, 0.2) is 0 Å². The maximum absolute atomic E-state index is 12.2. The molecule has 0 heterocycles. The zero-order valence-electron chi connectivity index (χ0n) is 12.7. The van der Waals surface area contributed by atoms with Gasteiger partial charge in [-0.25, -0.2) is 4.79 Å². The lowest BCUT2D eigenvalue weighted by atomic mass is 9.87. The van der Waals surface area contributed by atoms with Crippen LogP contribution in [0, 0.1) is 6.92 Å². The number of carbonyl (C=O) groups excluding carboxylic acids is 1. The monoisotopic (exact) mass is 346 g/mol. The quantitative estimate of drug-likeness (QED) is 0.546. The lowest BCUT2D eigenvalue weighted by molar-refractivity contribution is 0.0733. The molecule has 0 spiro atoms. The van der Waals surface area contributed by atoms with Crippen molar-refractivity contribution in [2.45, 2.75) is 33.1 Å². The molecule has 0 aliphatic carbocycles. The SMILES string of the molecule is Cc1cc(Br)ccc1OC(=O)c1ccc(C(C)(C)C)cc1. The highest BCUT2D eigenvalue weighted by molar-refractivity contribution is 9.10. The lowest BCUT2D eigenvalue weighted by Gasteiger charge is -2.19. The fourth-order valence-corrected chi connectivity index (χ4v) is 2.47. The van der Waals surface area contributed by atoms with Crippen LogP contribution in [0.15, 0.2) is 46.9 Å². The van der Waals surface area contributed by atoms with Gasteiger partial charge in [0.2, 0.25) is 0 Å². The number of ether oxygens (including phenoxy) is 1. The summed E-state index contributed by atoms with van der Waals surface area (Å²) in [5.74, 6) is 0.254. The average Bonchev–Trinajstić information content (AvgIpc) is 2.41. The van der Waals surface area contributed by atoms with Crippen LogP contribution in [0.1, 0.15) is 42.3 Å². The normalized spacial score (nSPS) is 11.3. The third-order valence-electron chi connectivity index (χ3n) is 3.33.